The Kier molecular flexibility index (Phi) is 6.53. The molecule has 1 aromatic heterocycles. The number of rotatable bonds is 9. The number of nitrogens with one attached hydrogen (secondary N) is 1. The Balaban J connectivity index is 1.76. The van der Waals surface area contributed by atoms with Crippen LogP contribution in [0.1, 0.15) is 48.3 Å². The number of ether oxygens (including phenoxy) is 1. The Labute approximate surface area is 127 Å². The van der Waals surface area contributed by atoms with Crippen LogP contribution in [0.2, 0.25) is 0 Å². The number of aryl methyl sites for hydroxylation is 2. The van der Waals surface area contributed by atoms with Crippen molar-refractivity contribution in [3.05, 3.63) is 21.9 Å². The topological polar surface area (TPSA) is 21.3 Å². The summed E-state index contributed by atoms with van der Waals surface area (Å²) >= 11 is 1.97. The maximum atomic E-state index is 5.09. The third-order valence-corrected chi connectivity index (χ3v) is 5.74. The SMILES string of the molecule is COCCNCCC1(CCc2ccc(C)s2)CCCC1. The van der Waals surface area contributed by atoms with Crippen LogP contribution < -0.4 is 5.32 Å². The zero-order valence-electron chi connectivity index (χ0n) is 13.0. The molecule has 3 heteroatoms. The monoisotopic (exact) mass is 295 g/mol. The van der Waals surface area contributed by atoms with E-state index in [2.05, 4.69) is 24.4 Å². The van der Waals surface area contributed by atoms with Crippen LogP contribution >= 0.6 is 11.3 Å². The van der Waals surface area contributed by atoms with E-state index in [0.29, 0.717) is 5.41 Å². The zero-order valence-corrected chi connectivity index (χ0v) is 13.9. The second kappa shape index (κ2) is 8.16. The highest BCUT2D eigenvalue weighted by atomic mass is 32.1. The molecule has 114 valence electrons. The first kappa shape index (κ1) is 16.0. The lowest BCUT2D eigenvalue weighted by molar-refractivity contribution is 0.194. The molecule has 0 aliphatic heterocycles. The number of hydrogen-bond donors (Lipinski definition) is 1. The minimum Gasteiger partial charge on any atom is -0.383 e. The fourth-order valence-electron chi connectivity index (χ4n) is 3.41. The lowest BCUT2D eigenvalue weighted by Gasteiger charge is -2.29. The van der Waals surface area contributed by atoms with Gasteiger partial charge in [-0.25, -0.2) is 0 Å². The summed E-state index contributed by atoms with van der Waals surface area (Å²) in [5.41, 5.74) is 0.609. The predicted molar refractivity (Wildman–Crippen MR) is 87.6 cm³/mol. The van der Waals surface area contributed by atoms with Crippen molar-refractivity contribution in [3.63, 3.8) is 0 Å². The average Bonchev–Trinajstić information content (AvgIpc) is 3.06. The molecule has 1 aliphatic carbocycles. The molecule has 0 unspecified atom stereocenters. The van der Waals surface area contributed by atoms with Gasteiger partial charge in [0.15, 0.2) is 0 Å². The minimum atomic E-state index is 0.609. The standard InChI is InChI=1S/C17H29NOS/c1-15-5-6-16(20-15)7-10-17(8-3-4-9-17)11-12-18-13-14-19-2/h5-6,18H,3-4,7-14H2,1-2H3. The lowest BCUT2D eigenvalue weighted by atomic mass is 9.78. The van der Waals surface area contributed by atoms with Gasteiger partial charge in [-0.2, -0.15) is 0 Å². The van der Waals surface area contributed by atoms with Gasteiger partial charge in [-0.1, -0.05) is 12.8 Å². The van der Waals surface area contributed by atoms with Gasteiger partial charge >= 0.3 is 0 Å². The van der Waals surface area contributed by atoms with Crippen molar-refractivity contribution in [1.29, 1.82) is 0 Å². The molecule has 0 saturated heterocycles. The Bertz CT molecular complexity index is 382. The summed E-state index contributed by atoms with van der Waals surface area (Å²) in [6.45, 7) is 5.16. The largest absolute Gasteiger partial charge is 0.383 e. The molecule has 0 spiro atoms. The van der Waals surface area contributed by atoms with Crippen LogP contribution in [0.5, 0.6) is 0 Å². The molecule has 1 fully saturated rings. The molecule has 0 atom stereocenters. The van der Waals surface area contributed by atoms with Gasteiger partial charge in [0.05, 0.1) is 6.61 Å². The van der Waals surface area contributed by atoms with Gasteiger partial charge in [-0.05, 0) is 63.1 Å². The quantitative estimate of drug-likeness (QED) is 0.690. The van der Waals surface area contributed by atoms with Gasteiger partial charge in [-0.3, -0.25) is 0 Å². The van der Waals surface area contributed by atoms with Crippen LogP contribution in [0.25, 0.3) is 0 Å². The van der Waals surface area contributed by atoms with Crippen molar-refractivity contribution in [2.75, 3.05) is 26.8 Å². The fraction of sp³-hybridized carbons (Fsp3) is 0.765. The summed E-state index contributed by atoms with van der Waals surface area (Å²) in [5, 5.41) is 3.52. The summed E-state index contributed by atoms with van der Waals surface area (Å²) in [5.74, 6) is 0. The Morgan fingerprint density at radius 3 is 2.65 bits per heavy atom. The zero-order chi connectivity index (χ0) is 14.3. The van der Waals surface area contributed by atoms with E-state index in [9.17, 15) is 0 Å². The molecule has 1 heterocycles. The van der Waals surface area contributed by atoms with Crippen LogP contribution in [0.3, 0.4) is 0 Å². The fourth-order valence-corrected chi connectivity index (χ4v) is 4.30. The molecule has 2 rings (SSSR count). The average molecular weight is 295 g/mol. The second-order valence-corrected chi connectivity index (χ2v) is 7.58. The van der Waals surface area contributed by atoms with E-state index in [-0.39, 0.29) is 0 Å². The van der Waals surface area contributed by atoms with Crippen LogP contribution in [0.4, 0.5) is 0 Å². The van der Waals surface area contributed by atoms with Gasteiger partial charge in [0, 0.05) is 23.4 Å². The van der Waals surface area contributed by atoms with Crippen molar-refractivity contribution in [1.82, 2.24) is 5.32 Å². The minimum absolute atomic E-state index is 0.609. The summed E-state index contributed by atoms with van der Waals surface area (Å²) in [6, 6.07) is 4.58. The first-order chi connectivity index (χ1) is 9.74. The summed E-state index contributed by atoms with van der Waals surface area (Å²) in [6.07, 6.45) is 9.71. The Hall–Kier alpha value is -0.380. The van der Waals surface area contributed by atoms with Crippen molar-refractivity contribution < 1.29 is 4.74 Å². The molecule has 1 N–H and O–H groups in total. The molecule has 1 aliphatic rings. The number of methoxy groups -OCH3 is 1. The molecule has 20 heavy (non-hydrogen) atoms. The number of thiophene rings is 1. The normalized spacial score (nSPS) is 17.7. The second-order valence-electron chi connectivity index (χ2n) is 6.21. The third-order valence-electron chi connectivity index (χ3n) is 4.68. The van der Waals surface area contributed by atoms with E-state index in [1.165, 1.54) is 49.8 Å². The molecule has 0 amide bonds. The summed E-state index contributed by atoms with van der Waals surface area (Å²) < 4.78 is 5.09. The smallest absolute Gasteiger partial charge is 0.0587 e. The van der Waals surface area contributed by atoms with Gasteiger partial charge in [0.25, 0.3) is 0 Å². The van der Waals surface area contributed by atoms with E-state index >= 15 is 0 Å². The highest BCUT2D eigenvalue weighted by Crippen LogP contribution is 2.44. The first-order valence-electron chi connectivity index (χ1n) is 7.99. The summed E-state index contributed by atoms with van der Waals surface area (Å²) in [4.78, 5) is 3.02. The number of hydrogen-bond acceptors (Lipinski definition) is 3. The van der Waals surface area contributed by atoms with Crippen LogP contribution in [0, 0.1) is 12.3 Å². The Morgan fingerprint density at radius 2 is 2.00 bits per heavy atom. The van der Waals surface area contributed by atoms with Crippen LogP contribution in [-0.2, 0) is 11.2 Å². The van der Waals surface area contributed by atoms with E-state index in [0.717, 1.165) is 19.7 Å². The molecule has 0 radical (unpaired) electrons. The maximum Gasteiger partial charge on any atom is 0.0587 e. The van der Waals surface area contributed by atoms with Gasteiger partial charge in [0.1, 0.15) is 0 Å². The van der Waals surface area contributed by atoms with Crippen molar-refractivity contribution in [2.24, 2.45) is 5.41 Å². The van der Waals surface area contributed by atoms with Gasteiger partial charge in [-0.15, -0.1) is 11.3 Å². The van der Waals surface area contributed by atoms with Gasteiger partial charge < -0.3 is 10.1 Å². The van der Waals surface area contributed by atoms with E-state index in [4.69, 9.17) is 4.74 Å². The van der Waals surface area contributed by atoms with Crippen molar-refractivity contribution in [2.45, 2.75) is 51.9 Å². The highest BCUT2D eigenvalue weighted by molar-refractivity contribution is 7.11. The van der Waals surface area contributed by atoms with E-state index in [1.807, 2.05) is 11.3 Å². The first-order valence-corrected chi connectivity index (χ1v) is 8.81. The van der Waals surface area contributed by atoms with Crippen molar-refractivity contribution >= 4 is 11.3 Å². The highest BCUT2D eigenvalue weighted by Gasteiger charge is 2.32. The predicted octanol–water partition coefficient (Wildman–Crippen LogP) is 4.18. The molecule has 1 aromatic rings. The molecule has 0 bridgehead atoms. The maximum absolute atomic E-state index is 5.09. The molecular weight excluding hydrogens is 266 g/mol. The van der Waals surface area contributed by atoms with E-state index < -0.39 is 0 Å². The van der Waals surface area contributed by atoms with Crippen LogP contribution in [-0.4, -0.2) is 26.8 Å². The van der Waals surface area contributed by atoms with Gasteiger partial charge in [0.2, 0.25) is 0 Å². The Morgan fingerprint density at radius 1 is 1.20 bits per heavy atom. The molecule has 2 nitrogen and oxygen atoms in total. The molecule has 1 saturated carbocycles. The third kappa shape index (κ3) is 4.87. The van der Waals surface area contributed by atoms with E-state index in [1.54, 1.807) is 12.0 Å². The molecular formula is C17H29NOS. The molecule has 0 aromatic carbocycles. The summed E-state index contributed by atoms with van der Waals surface area (Å²) in [7, 11) is 1.77. The van der Waals surface area contributed by atoms with Crippen LogP contribution in [0.15, 0.2) is 12.1 Å². The van der Waals surface area contributed by atoms with Crippen molar-refractivity contribution in [3.8, 4) is 0 Å². The lowest BCUT2D eigenvalue weighted by Crippen LogP contribution is -2.27.